The molecule has 0 saturated heterocycles. The lowest BCUT2D eigenvalue weighted by Gasteiger charge is -2.26. The van der Waals surface area contributed by atoms with Crippen molar-refractivity contribution in [3.63, 3.8) is 0 Å². The monoisotopic (exact) mass is 292 g/mol. The lowest BCUT2D eigenvalue weighted by Crippen LogP contribution is -2.35. The summed E-state index contributed by atoms with van der Waals surface area (Å²) in [5.41, 5.74) is -0.111. The van der Waals surface area contributed by atoms with E-state index >= 15 is 0 Å². The zero-order valence-electron chi connectivity index (χ0n) is 13.1. The van der Waals surface area contributed by atoms with Gasteiger partial charge >= 0.3 is 0 Å². The van der Waals surface area contributed by atoms with Crippen LogP contribution in [0.25, 0.3) is 11.0 Å². The number of rotatable bonds is 7. The van der Waals surface area contributed by atoms with Gasteiger partial charge in [0.05, 0.1) is 17.2 Å². The van der Waals surface area contributed by atoms with Crippen LogP contribution in [-0.4, -0.2) is 44.0 Å². The fourth-order valence-corrected chi connectivity index (χ4v) is 2.43. The van der Waals surface area contributed by atoms with Crippen molar-refractivity contribution >= 4 is 22.8 Å². The minimum Gasteiger partial charge on any atom is -0.388 e. The molecule has 1 unspecified atom stereocenters. The van der Waals surface area contributed by atoms with Gasteiger partial charge in [0.1, 0.15) is 5.82 Å². The highest BCUT2D eigenvalue weighted by molar-refractivity contribution is 5.86. The van der Waals surface area contributed by atoms with Crippen LogP contribution < -0.4 is 10.6 Å². The van der Waals surface area contributed by atoms with Crippen molar-refractivity contribution in [1.29, 1.82) is 0 Å². The third kappa shape index (κ3) is 4.04. The summed E-state index contributed by atoms with van der Waals surface area (Å²) < 4.78 is 0. The van der Waals surface area contributed by atoms with Gasteiger partial charge in [-0.3, -0.25) is 5.10 Å². The standard InChI is InChI=1S/C14H24N6O/c1-5-15-13-18-11(10-7-17-20-12(10)19-13)16-8-14(4,21)6-9(2)3/h7,9,21H,5-6,8H2,1-4H3,(H3,15,16,17,18,19,20). The highest BCUT2D eigenvalue weighted by atomic mass is 16.3. The number of fused-ring (bicyclic) bond motifs is 1. The zero-order valence-corrected chi connectivity index (χ0v) is 13.1. The van der Waals surface area contributed by atoms with Gasteiger partial charge in [-0.1, -0.05) is 13.8 Å². The number of anilines is 2. The van der Waals surface area contributed by atoms with Gasteiger partial charge in [-0.25, -0.2) is 0 Å². The molecule has 0 amide bonds. The molecule has 4 N–H and O–H groups in total. The Kier molecular flexibility index (Phi) is 4.62. The van der Waals surface area contributed by atoms with Crippen molar-refractivity contribution in [2.45, 2.75) is 39.7 Å². The molecule has 0 aliphatic rings. The molecule has 0 saturated carbocycles. The fraction of sp³-hybridized carbons (Fsp3) is 0.643. The molecule has 1 atom stereocenters. The van der Waals surface area contributed by atoms with E-state index in [0.29, 0.717) is 29.9 Å². The molecule has 0 aliphatic carbocycles. The first-order chi connectivity index (χ1) is 9.91. The number of nitrogens with zero attached hydrogens (tertiary/aromatic N) is 3. The molecule has 7 nitrogen and oxygen atoms in total. The number of aromatic amines is 1. The van der Waals surface area contributed by atoms with Gasteiger partial charge in [-0.15, -0.1) is 0 Å². The van der Waals surface area contributed by atoms with Crippen LogP contribution in [0.3, 0.4) is 0 Å². The van der Waals surface area contributed by atoms with E-state index in [-0.39, 0.29) is 0 Å². The van der Waals surface area contributed by atoms with Crippen molar-refractivity contribution in [1.82, 2.24) is 20.2 Å². The van der Waals surface area contributed by atoms with E-state index in [9.17, 15) is 5.11 Å². The zero-order chi connectivity index (χ0) is 15.5. The van der Waals surface area contributed by atoms with Crippen LogP contribution in [-0.2, 0) is 0 Å². The summed E-state index contributed by atoms with van der Waals surface area (Å²) in [5, 5.41) is 24.4. The Balaban J connectivity index is 2.18. The van der Waals surface area contributed by atoms with E-state index in [1.807, 2.05) is 13.8 Å². The molecule has 0 fully saturated rings. The predicted octanol–water partition coefficient (Wildman–Crippen LogP) is 1.99. The van der Waals surface area contributed by atoms with E-state index in [4.69, 9.17) is 0 Å². The minimum absolute atomic E-state index is 0.425. The van der Waals surface area contributed by atoms with Gasteiger partial charge in [0, 0.05) is 13.1 Å². The summed E-state index contributed by atoms with van der Waals surface area (Å²) in [7, 11) is 0. The molecule has 7 heteroatoms. The van der Waals surface area contributed by atoms with Crippen LogP contribution in [0.4, 0.5) is 11.8 Å². The quantitative estimate of drug-likeness (QED) is 0.623. The highest BCUT2D eigenvalue weighted by Crippen LogP contribution is 2.22. The summed E-state index contributed by atoms with van der Waals surface area (Å²) >= 11 is 0. The molecule has 21 heavy (non-hydrogen) atoms. The minimum atomic E-state index is -0.784. The first kappa shape index (κ1) is 15.5. The van der Waals surface area contributed by atoms with Crippen molar-refractivity contribution in [3.05, 3.63) is 6.20 Å². The first-order valence-corrected chi connectivity index (χ1v) is 7.32. The average Bonchev–Trinajstić information content (AvgIpc) is 2.83. The van der Waals surface area contributed by atoms with Crippen molar-refractivity contribution in [2.24, 2.45) is 5.92 Å². The van der Waals surface area contributed by atoms with Gasteiger partial charge in [0.25, 0.3) is 0 Å². The number of aliphatic hydroxyl groups is 1. The van der Waals surface area contributed by atoms with Gasteiger partial charge < -0.3 is 15.7 Å². The van der Waals surface area contributed by atoms with E-state index in [2.05, 4.69) is 44.6 Å². The second-order valence-corrected chi connectivity index (χ2v) is 6.01. The molecule has 0 aromatic carbocycles. The summed E-state index contributed by atoms with van der Waals surface area (Å²) in [6.07, 6.45) is 2.41. The molecule has 0 radical (unpaired) electrons. The van der Waals surface area contributed by atoms with E-state index < -0.39 is 5.60 Å². The second kappa shape index (κ2) is 6.26. The number of H-pyrrole nitrogens is 1. The summed E-state index contributed by atoms with van der Waals surface area (Å²) in [5.74, 6) is 1.65. The van der Waals surface area contributed by atoms with Crippen LogP contribution in [0, 0.1) is 5.92 Å². The third-order valence-corrected chi connectivity index (χ3v) is 3.13. The molecule has 116 valence electrons. The second-order valence-electron chi connectivity index (χ2n) is 6.01. The maximum absolute atomic E-state index is 10.4. The van der Waals surface area contributed by atoms with Gasteiger partial charge in [0.15, 0.2) is 5.65 Å². The number of aromatic nitrogens is 4. The predicted molar refractivity (Wildman–Crippen MR) is 84.4 cm³/mol. The Morgan fingerprint density at radius 1 is 1.33 bits per heavy atom. The van der Waals surface area contributed by atoms with Crippen LogP contribution in [0.1, 0.15) is 34.1 Å². The molecule has 0 bridgehead atoms. The van der Waals surface area contributed by atoms with Crippen LogP contribution >= 0.6 is 0 Å². The maximum Gasteiger partial charge on any atom is 0.226 e. The molecule has 2 heterocycles. The molecule has 2 rings (SSSR count). The Hall–Kier alpha value is -1.89. The Morgan fingerprint density at radius 2 is 2.10 bits per heavy atom. The van der Waals surface area contributed by atoms with E-state index in [0.717, 1.165) is 18.4 Å². The largest absolute Gasteiger partial charge is 0.388 e. The van der Waals surface area contributed by atoms with Gasteiger partial charge in [-0.2, -0.15) is 15.1 Å². The topological polar surface area (TPSA) is 98.8 Å². The number of hydrogen-bond donors (Lipinski definition) is 4. The van der Waals surface area contributed by atoms with Gasteiger partial charge in [0.2, 0.25) is 5.95 Å². The smallest absolute Gasteiger partial charge is 0.226 e. The maximum atomic E-state index is 10.4. The number of nitrogens with one attached hydrogen (secondary N) is 3. The fourth-order valence-electron chi connectivity index (χ4n) is 2.43. The van der Waals surface area contributed by atoms with Crippen molar-refractivity contribution in [2.75, 3.05) is 23.7 Å². The Bertz CT molecular complexity index is 592. The van der Waals surface area contributed by atoms with E-state index in [1.165, 1.54) is 0 Å². The number of hydrogen-bond acceptors (Lipinski definition) is 6. The van der Waals surface area contributed by atoms with E-state index in [1.54, 1.807) is 6.20 Å². The summed E-state index contributed by atoms with van der Waals surface area (Å²) in [6, 6.07) is 0. The van der Waals surface area contributed by atoms with Crippen LogP contribution in [0.15, 0.2) is 6.20 Å². The normalized spacial score (nSPS) is 14.4. The van der Waals surface area contributed by atoms with Gasteiger partial charge in [-0.05, 0) is 26.2 Å². The third-order valence-electron chi connectivity index (χ3n) is 3.13. The Labute approximate surface area is 124 Å². The van der Waals surface area contributed by atoms with Crippen LogP contribution in [0.5, 0.6) is 0 Å². The van der Waals surface area contributed by atoms with Crippen molar-refractivity contribution in [3.8, 4) is 0 Å². The first-order valence-electron chi connectivity index (χ1n) is 7.32. The molecule has 0 aliphatic heterocycles. The summed E-state index contributed by atoms with van der Waals surface area (Å²) in [4.78, 5) is 8.78. The molecule has 2 aromatic rings. The van der Waals surface area contributed by atoms with Crippen molar-refractivity contribution < 1.29 is 5.11 Å². The lowest BCUT2D eigenvalue weighted by molar-refractivity contribution is 0.0515. The average molecular weight is 292 g/mol. The highest BCUT2D eigenvalue weighted by Gasteiger charge is 2.22. The molecule has 2 aromatic heterocycles. The summed E-state index contributed by atoms with van der Waals surface area (Å²) in [6.45, 7) is 9.17. The molecule has 0 spiro atoms. The molecular formula is C14H24N6O. The van der Waals surface area contributed by atoms with Crippen LogP contribution in [0.2, 0.25) is 0 Å². The Morgan fingerprint density at radius 3 is 2.76 bits per heavy atom. The lowest BCUT2D eigenvalue weighted by atomic mass is 9.94. The molecular weight excluding hydrogens is 268 g/mol. The SMILES string of the molecule is CCNc1nc(NCC(C)(O)CC(C)C)c2cn[nH]c2n1.